The summed E-state index contributed by atoms with van der Waals surface area (Å²) in [5.74, 6) is -1.64. The van der Waals surface area contributed by atoms with Gasteiger partial charge in [-0.05, 0) is 39.9 Å². The van der Waals surface area contributed by atoms with Crippen molar-refractivity contribution < 1.29 is 19.5 Å². The molecule has 2 N–H and O–H groups in total. The predicted octanol–water partition coefficient (Wildman–Crippen LogP) is 3.62. The first-order chi connectivity index (χ1) is 14.9. The molecule has 0 fully saturated rings. The van der Waals surface area contributed by atoms with Crippen LogP contribution >= 0.6 is 0 Å². The zero-order chi connectivity index (χ0) is 22.0. The number of rotatable bonds is 5. The Morgan fingerprint density at radius 1 is 1.03 bits per heavy atom. The van der Waals surface area contributed by atoms with Crippen LogP contribution in [0.25, 0.3) is 10.8 Å². The third kappa shape index (κ3) is 4.28. The molecule has 3 aromatic rings. The molecule has 2 unspecified atom stereocenters. The number of nitrogens with zero attached hydrogens (tertiary/aromatic N) is 1. The highest BCUT2D eigenvalue weighted by Crippen LogP contribution is 2.32. The van der Waals surface area contributed by atoms with Crippen molar-refractivity contribution in [3.63, 3.8) is 0 Å². The number of carbonyl (C=O) groups excluding carboxylic acids is 2. The third-order valence-electron chi connectivity index (χ3n) is 5.85. The lowest BCUT2D eigenvalue weighted by atomic mass is 9.90. The largest absolute Gasteiger partial charge is 0.479 e. The van der Waals surface area contributed by atoms with Gasteiger partial charge in [0.2, 0.25) is 11.8 Å². The fourth-order valence-electron chi connectivity index (χ4n) is 4.32. The summed E-state index contributed by atoms with van der Waals surface area (Å²) in [4.78, 5) is 38.7. The van der Waals surface area contributed by atoms with Gasteiger partial charge in [0, 0.05) is 13.5 Å². The Labute approximate surface area is 180 Å². The van der Waals surface area contributed by atoms with Gasteiger partial charge < -0.3 is 15.3 Å². The first-order valence-electron chi connectivity index (χ1n) is 10.3. The van der Waals surface area contributed by atoms with Gasteiger partial charge in [-0.25, -0.2) is 4.79 Å². The lowest BCUT2D eigenvalue weighted by Crippen LogP contribution is -2.42. The van der Waals surface area contributed by atoms with Gasteiger partial charge in [-0.15, -0.1) is 0 Å². The van der Waals surface area contributed by atoms with Crippen LogP contribution < -0.4 is 5.32 Å². The monoisotopic (exact) mass is 416 g/mol. The van der Waals surface area contributed by atoms with Crippen LogP contribution in [0.15, 0.2) is 66.7 Å². The number of hydrogen-bond donors (Lipinski definition) is 2. The zero-order valence-electron chi connectivity index (χ0n) is 17.2. The molecule has 4 rings (SSSR count). The Hall–Kier alpha value is -3.67. The molecule has 0 bridgehead atoms. The quantitative estimate of drug-likeness (QED) is 0.665. The lowest BCUT2D eigenvalue weighted by molar-refractivity contribution is -0.142. The molecule has 1 heterocycles. The highest BCUT2D eigenvalue weighted by Gasteiger charge is 2.32. The van der Waals surface area contributed by atoms with E-state index in [-0.39, 0.29) is 12.3 Å². The highest BCUT2D eigenvalue weighted by atomic mass is 16.4. The Morgan fingerprint density at radius 2 is 1.74 bits per heavy atom. The molecule has 0 saturated carbocycles. The van der Waals surface area contributed by atoms with Crippen molar-refractivity contribution in [2.75, 3.05) is 6.54 Å². The molecule has 1 aliphatic rings. The summed E-state index contributed by atoms with van der Waals surface area (Å²) in [5, 5.41) is 14.3. The molecule has 0 aliphatic carbocycles. The van der Waals surface area contributed by atoms with Crippen LogP contribution in [0.3, 0.4) is 0 Å². The molecule has 6 nitrogen and oxygen atoms in total. The molecule has 0 saturated heterocycles. The van der Waals surface area contributed by atoms with E-state index in [2.05, 4.69) is 5.32 Å². The average molecular weight is 416 g/mol. The van der Waals surface area contributed by atoms with E-state index in [1.165, 1.54) is 6.92 Å². The highest BCUT2D eigenvalue weighted by molar-refractivity contribution is 5.88. The molecule has 0 aromatic heterocycles. The number of fused-ring (bicyclic) bond motifs is 2. The molecule has 0 spiro atoms. The van der Waals surface area contributed by atoms with Crippen molar-refractivity contribution in [1.29, 1.82) is 0 Å². The van der Waals surface area contributed by atoms with E-state index >= 15 is 0 Å². The van der Waals surface area contributed by atoms with Crippen molar-refractivity contribution in [1.82, 2.24) is 10.2 Å². The Bertz CT molecular complexity index is 1160. The van der Waals surface area contributed by atoms with Gasteiger partial charge in [0.05, 0.1) is 12.5 Å². The topological polar surface area (TPSA) is 86.7 Å². The smallest absolute Gasteiger partial charge is 0.330 e. The number of hydrogen-bond acceptors (Lipinski definition) is 3. The van der Waals surface area contributed by atoms with Gasteiger partial charge in [-0.3, -0.25) is 9.59 Å². The summed E-state index contributed by atoms with van der Waals surface area (Å²) in [5.41, 5.74) is 2.56. The van der Waals surface area contributed by atoms with Crippen molar-refractivity contribution >= 4 is 28.6 Å². The average Bonchev–Trinajstić information content (AvgIpc) is 2.77. The van der Waals surface area contributed by atoms with E-state index in [0.717, 1.165) is 28.3 Å². The normalized spacial score (nSPS) is 16.4. The van der Waals surface area contributed by atoms with Crippen LogP contribution in [-0.2, 0) is 20.8 Å². The van der Waals surface area contributed by atoms with Gasteiger partial charge in [-0.1, -0.05) is 60.7 Å². The summed E-state index contributed by atoms with van der Waals surface area (Å²) < 4.78 is 0. The molecule has 1 aliphatic heterocycles. The number of benzene rings is 3. The van der Waals surface area contributed by atoms with Gasteiger partial charge in [0.1, 0.15) is 0 Å². The Balaban J connectivity index is 1.57. The summed E-state index contributed by atoms with van der Waals surface area (Å²) in [7, 11) is 0. The van der Waals surface area contributed by atoms with Crippen molar-refractivity contribution in [2.45, 2.75) is 31.8 Å². The first-order valence-corrected chi connectivity index (χ1v) is 10.3. The summed E-state index contributed by atoms with van der Waals surface area (Å²) in [6.45, 7) is 2.03. The standard InChI is InChI=1S/C25H24N2O4/c1-16(28)27-13-12-18-7-4-5-9-21(18)22(27)15-23(29)26-24(25(30)31)20-11-10-17-6-2-3-8-19(17)14-20/h2-11,14,22,24H,12-13,15H2,1H3,(H,26,29)(H,30,31). The van der Waals surface area contributed by atoms with Gasteiger partial charge in [0.15, 0.2) is 6.04 Å². The fraction of sp³-hybridized carbons (Fsp3) is 0.240. The lowest BCUT2D eigenvalue weighted by Gasteiger charge is -2.36. The molecule has 3 aromatic carbocycles. The minimum absolute atomic E-state index is 0.00789. The van der Waals surface area contributed by atoms with Crippen LogP contribution in [-0.4, -0.2) is 34.3 Å². The number of amides is 2. The van der Waals surface area contributed by atoms with E-state index in [9.17, 15) is 19.5 Å². The molecule has 2 amide bonds. The second-order valence-electron chi connectivity index (χ2n) is 7.83. The molecule has 158 valence electrons. The van der Waals surface area contributed by atoms with Gasteiger partial charge in [0.25, 0.3) is 0 Å². The van der Waals surface area contributed by atoms with Crippen molar-refractivity contribution in [2.24, 2.45) is 0 Å². The van der Waals surface area contributed by atoms with E-state index in [0.29, 0.717) is 12.1 Å². The minimum Gasteiger partial charge on any atom is -0.479 e. The van der Waals surface area contributed by atoms with E-state index in [4.69, 9.17) is 0 Å². The first kappa shape index (κ1) is 20.6. The summed E-state index contributed by atoms with van der Waals surface area (Å²) >= 11 is 0. The van der Waals surface area contributed by atoms with Crippen LogP contribution in [0.1, 0.15) is 42.1 Å². The molecule has 2 atom stereocenters. The second-order valence-corrected chi connectivity index (χ2v) is 7.83. The van der Waals surface area contributed by atoms with Gasteiger partial charge >= 0.3 is 5.97 Å². The molecule has 31 heavy (non-hydrogen) atoms. The van der Waals surface area contributed by atoms with E-state index in [1.54, 1.807) is 17.0 Å². The van der Waals surface area contributed by atoms with Gasteiger partial charge in [-0.2, -0.15) is 0 Å². The Kier molecular flexibility index (Phi) is 5.71. The molecule has 6 heteroatoms. The maximum Gasteiger partial charge on any atom is 0.330 e. The Morgan fingerprint density at radius 3 is 2.48 bits per heavy atom. The molecule has 0 radical (unpaired) electrons. The van der Waals surface area contributed by atoms with Crippen LogP contribution in [0.2, 0.25) is 0 Å². The predicted molar refractivity (Wildman–Crippen MR) is 117 cm³/mol. The zero-order valence-corrected chi connectivity index (χ0v) is 17.2. The number of aliphatic carboxylic acids is 1. The second kappa shape index (κ2) is 8.60. The van der Waals surface area contributed by atoms with Crippen LogP contribution in [0, 0.1) is 0 Å². The fourth-order valence-corrected chi connectivity index (χ4v) is 4.32. The summed E-state index contributed by atoms with van der Waals surface area (Å²) in [6.07, 6.45) is 0.747. The van der Waals surface area contributed by atoms with Crippen LogP contribution in [0.4, 0.5) is 0 Å². The number of carbonyl (C=O) groups is 3. The number of carboxylic acids is 1. The number of carboxylic acid groups (broad SMARTS) is 1. The molecular weight excluding hydrogens is 392 g/mol. The van der Waals surface area contributed by atoms with Crippen molar-refractivity contribution in [3.05, 3.63) is 83.4 Å². The maximum absolute atomic E-state index is 12.9. The van der Waals surface area contributed by atoms with Crippen LogP contribution in [0.5, 0.6) is 0 Å². The number of nitrogens with one attached hydrogen (secondary N) is 1. The van der Waals surface area contributed by atoms with Crippen molar-refractivity contribution in [3.8, 4) is 0 Å². The third-order valence-corrected chi connectivity index (χ3v) is 5.85. The minimum atomic E-state index is -1.17. The SMILES string of the molecule is CC(=O)N1CCc2ccccc2C1CC(=O)NC(C(=O)O)c1ccc2ccccc2c1. The maximum atomic E-state index is 12.9. The summed E-state index contributed by atoms with van der Waals surface area (Å²) in [6, 6.07) is 19.2. The van der Waals surface area contributed by atoms with E-state index < -0.39 is 24.0 Å². The van der Waals surface area contributed by atoms with E-state index in [1.807, 2.05) is 54.6 Å². The molecular formula is C25H24N2O4.